The SMILES string of the molecule is Fc1ccc2c(Cc3nnc(Cc4cccc(C(F)(F)F)c4)n3CCCc3cn(C(c4ccccc4)(c4ccccc4)c4ccccc4)cn3)c[nH]c2c1. The number of hydrogen-bond acceptors (Lipinski definition) is 3. The quantitative estimate of drug-likeness (QED) is 0.101. The lowest BCUT2D eigenvalue weighted by Gasteiger charge is -2.37. The molecule has 10 heteroatoms. The van der Waals surface area contributed by atoms with E-state index in [9.17, 15) is 17.6 Å². The Kier molecular flexibility index (Phi) is 9.41. The Balaban J connectivity index is 1.11. The van der Waals surface area contributed by atoms with E-state index in [4.69, 9.17) is 4.98 Å². The van der Waals surface area contributed by atoms with Gasteiger partial charge in [0, 0.05) is 42.7 Å². The minimum Gasteiger partial charge on any atom is -0.361 e. The zero-order valence-corrected chi connectivity index (χ0v) is 29.2. The van der Waals surface area contributed by atoms with E-state index >= 15 is 0 Å². The smallest absolute Gasteiger partial charge is 0.361 e. The number of rotatable bonds is 12. The fourth-order valence-electron chi connectivity index (χ4n) is 7.49. The van der Waals surface area contributed by atoms with Crippen molar-refractivity contribution in [2.75, 3.05) is 0 Å². The number of nitrogens with zero attached hydrogens (tertiary/aromatic N) is 5. The van der Waals surface area contributed by atoms with Gasteiger partial charge in [-0.15, -0.1) is 10.2 Å². The van der Waals surface area contributed by atoms with Gasteiger partial charge in [-0.25, -0.2) is 9.37 Å². The molecule has 5 aromatic carbocycles. The maximum atomic E-state index is 13.9. The van der Waals surface area contributed by atoms with Crippen molar-refractivity contribution in [3.63, 3.8) is 0 Å². The van der Waals surface area contributed by atoms with E-state index in [0.29, 0.717) is 48.5 Å². The summed E-state index contributed by atoms with van der Waals surface area (Å²) in [5.41, 5.74) is 4.89. The molecule has 3 aromatic heterocycles. The largest absolute Gasteiger partial charge is 0.416 e. The third kappa shape index (κ3) is 6.82. The number of aromatic nitrogens is 6. The van der Waals surface area contributed by atoms with Crippen LogP contribution in [0.15, 0.2) is 152 Å². The van der Waals surface area contributed by atoms with E-state index < -0.39 is 17.3 Å². The second-order valence-corrected chi connectivity index (χ2v) is 13.4. The van der Waals surface area contributed by atoms with Gasteiger partial charge in [0.05, 0.1) is 17.6 Å². The number of nitrogens with one attached hydrogen (secondary N) is 1. The van der Waals surface area contributed by atoms with Gasteiger partial charge in [-0.1, -0.05) is 109 Å². The standard InChI is InChI=1S/C44H36F4N6/c45-37-21-22-39-32(28-49-40(39)27-37)26-42-52-51-41(25-31-12-10-19-36(24-31)44(46,47)48)54(42)23-11-20-38-29-53(30-50-38)43(33-13-4-1-5-14-33,34-15-6-2-7-16-34)35-17-8-3-9-18-35/h1-10,12-19,21-22,24,27-30,49H,11,20,23,25-26H2. The van der Waals surface area contributed by atoms with E-state index in [1.807, 2.05) is 35.3 Å². The Hall–Kier alpha value is -6.29. The summed E-state index contributed by atoms with van der Waals surface area (Å²) in [6, 6.07) is 41.1. The summed E-state index contributed by atoms with van der Waals surface area (Å²) in [7, 11) is 0. The molecule has 0 unspecified atom stereocenters. The van der Waals surface area contributed by atoms with Crippen LogP contribution in [0.3, 0.4) is 0 Å². The summed E-state index contributed by atoms with van der Waals surface area (Å²) < 4.78 is 58.9. The van der Waals surface area contributed by atoms with E-state index in [0.717, 1.165) is 45.5 Å². The van der Waals surface area contributed by atoms with Crippen LogP contribution in [-0.4, -0.2) is 29.3 Å². The first-order valence-electron chi connectivity index (χ1n) is 17.8. The highest BCUT2D eigenvalue weighted by Gasteiger charge is 2.38. The van der Waals surface area contributed by atoms with E-state index in [-0.39, 0.29) is 12.2 Å². The van der Waals surface area contributed by atoms with Crippen molar-refractivity contribution in [3.8, 4) is 0 Å². The van der Waals surface area contributed by atoms with Crippen molar-refractivity contribution < 1.29 is 17.6 Å². The number of halogens is 4. The molecule has 3 heterocycles. The van der Waals surface area contributed by atoms with Gasteiger partial charge in [-0.05, 0) is 64.9 Å². The van der Waals surface area contributed by atoms with Crippen LogP contribution in [0.1, 0.15) is 57.1 Å². The summed E-state index contributed by atoms with van der Waals surface area (Å²) in [5.74, 6) is 0.902. The number of alkyl halides is 3. The molecule has 0 saturated carbocycles. The summed E-state index contributed by atoms with van der Waals surface area (Å²) in [6.07, 6.45) is 3.27. The Morgan fingerprint density at radius 3 is 1.89 bits per heavy atom. The Morgan fingerprint density at radius 1 is 0.648 bits per heavy atom. The number of fused-ring (bicyclic) bond motifs is 1. The number of H-pyrrole nitrogens is 1. The predicted molar refractivity (Wildman–Crippen MR) is 200 cm³/mol. The van der Waals surface area contributed by atoms with Crippen molar-refractivity contribution in [2.24, 2.45) is 0 Å². The predicted octanol–water partition coefficient (Wildman–Crippen LogP) is 9.77. The van der Waals surface area contributed by atoms with E-state index in [1.54, 1.807) is 12.1 Å². The van der Waals surface area contributed by atoms with Crippen LogP contribution in [0, 0.1) is 5.82 Å². The summed E-state index contributed by atoms with van der Waals surface area (Å²) in [4.78, 5) is 8.04. The number of hydrogen-bond donors (Lipinski definition) is 1. The highest BCUT2D eigenvalue weighted by atomic mass is 19.4. The van der Waals surface area contributed by atoms with Crippen molar-refractivity contribution in [1.29, 1.82) is 0 Å². The molecule has 0 saturated heterocycles. The van der Waals surface area contributed by atoms with Gasteiger partial charge in [-0.3, -0.25) is 0 Å². The van der Waals surface area contributed by atoms with Crippen molar-refractivity contribution in [3.05, 3.63) is 209 Å². The normalized spacial score (nSPS) is 12.1. The van der Waals surface area contributed by atoms with Crippen LogP contribution in [0.4, 0.5) is 17.6 Å². The van der Waals surface area contributed by atoms with Crippen molar-refractivity contribution in [2.45, 2.75) is 43.9 Å². The molecule has 0 fully saturated rings. The summed E-state index contributed by atoms with van der Waals surface area (Å²) in [6.45, 7) is 0.516. The third-order valence-corrected chi connectivity index (χ3v) is 10.0. The fourth-order valence-corrected chi connectivity index (χ4v) is 7.49. The Morgan fingerprint density at radius 2 is 1.26 bits per heavy atom. The van der Waals surface area contributed by atoms with Crippen LogP contribution in [0.25, 0.3) is 10.9 Å². The van der Waals surface area contributed by atoms with Crippen LogP contribution in [-0.2, 0) is 37.5 Å². The second kappa shape index (κ2) is 14.6. The lowest BCUT2D eigenvalue weighted by atomic mass is 9.77. The molecule has 0 amide bonds. The molecule has 0 aliphatic heterocycles. The van der Waals surface area contributed by atoms with Gasteiger partial charge in [0.2, 0.25) is 0 Å². The van der Waals surface area contributed by atoms with Gasteiger partial charge in [0.1, 0.15) is 23.0 Å². The second-order valence-electron chi connectivity index (χ2n) is 13.4. The van der Waals surface area contributed by atoms with Gasteiger partial charge < -0.3 is 14.1 Å². The molecule has 6 nitrogen and oxygen atoms in total. The average molecular weight is 725 g/mol. The molecule has 1 N–H and O–H groups in total. The van der Waals surface area contributed by atoms with Gasteiger partial charge >= 0.3 is 6.18 Å². The first-order chi connectivity index (χ1) is 26.3. The monoisotopic (exact) mass is 724 g/mol. The van der Waals surface area contributed by atoms with Gasteiger partial charge in [0.15, 0.2) is 0 Å². The maximum Gasteiger partial charge on any atom is 0.416 e. The zero-order chi connectivity index (χ0) is 37.1. The molecule has 54 heavy (non-hydrogen) atoms. The molecule has 8 aromatic rings. The zero-order valence-electron chi connectivity index (χ0n) is 29.2. The first kappa shape index (κ1) is 34.8. The molecule has 0 radical (unpaired) electrons. The number of imidazole rings is 1. The highest BCUT2D eigenvalue weighted by molar-refractivity contribution is 5.83. The molecule has 0 aliphatic carbocycles. The van der Waals surface area contributed by atoms with Gasteiger partial charge in [0.25, 0.3) is 0 Å². The molecular formula is C44H36F4N6. The van der Waals surface area contributed by atoms with Crippen LogP contribution in [0.5, 0.6) is 0 Å². The molecule has 0 atom stereocenters. The molecule has 0 bridgehead atoms. The maximum absolute atomic E-state index is 13.9. The number of benzene rings is 5. The number of aryl methyl sites for hydroxylation is 1. The summed E-state index contributed by atoms with van der Waals surface area (Å²) >= 11 is 0. The summed E-state index contributed by atoms with van der Waals surface area (Å²) in [5, 5.41) is 9.88. The molecule has 0 spiro atoms. The van der Waals surface area contributed by atoms with E-state index in [2.05, 4.69) is 98.7 Å². The van der Waals surface area contributed by atoms with Crippen LogP contribution >= 0.6 is 0 Å². The molecule has 8 rings (SSSR count). The minimum atomic E-state index is -4.45. The Labute approximate surface area is 309 Å². The lowest BCUT2D eigenvalue weighted by Crippen LogP contribution is -2.36. The fraction of sp³-hybridized carbons (Fsp3) is 0.159. The lowest BCUT2D eigenvalue weighted by molar-refractivity contribution is -0.137. The Bertz CT molecular complexity index is 2390. The molecule has 270 valence electrons. The van der Waals surface area contributed by atoms with Crippen molar-refractivity contribution in [1.82, 2.24) is 29.3 Å². The third-order valence-electron chi connectivity index (χ3n) is 10.0. The van der Waals surface area contributed by atoms with Gasteiger partial charge in [-0.2, -0.15) is 13.2 Å². The average Bonchev–Trinajstić information content (AvgIpc) is 3.93. The van der Waals surface area contributed by atoms with E-state index in [1.165, 1.54) is 18.2 Å². The number of aromatic amines is 1. The van der Waals surface area contributed by atoms with Crippen LogP contribution in [0.2, 0.25) is 0 Å². The molecule has 0 aliphatic rings. The van der Waals surface area contributed by atoms with Crippen molar-refractivity contribution >= 4 is 10.9 Å². The molecular weight excluding hydrogens is 689 g/mol. The highest BCUT2D eigenvalue weighted by Crippen LogP contribution is 2.41. The topological polar surface area (TPSA) is 64.3 Å². The minimum absolute atomic E-state index is 0.179. The first-order valence-corrected chi connectivity index (χ1v) is 17.8. The van der Waals surface area contributed by atoms with Crippen LogP contribution < -0.4 is 0 Å².